The van der Waals surface area contributed by atoms with Gasteiger partial charge in [0.05, 0.1) is 12.6 Å². The van der Waals surface area contributed by atoms with Gasteiger partial charge in [0.1, 0.15) is 0 Å². The molecule has 7 nitrogen and oxygen atoms in total. The van der Waals surface area contributed by atoms with E-state index in [-0.39, 0.29) is 88.7 Å². The maximum atomic E-state index is 9.01. The van der Waals surface area contributed by atoms with Crippen molar-refractivity contribution in [3.05, 3.63) is 0 Å². The maximum Gasteiger partial charge on any atom is 1.00 e. The van der Waals surface area contributed by atoms with Crippen LogP contribution in [0.1, 0.15) is 0 Å². The Labute approximate surface area is 142 Å². The van der Waals surface area contributed by atoms with Crippen LogP contribution in [0.5, 0.6) is 0 Å². The van der Waals surface area contributed by atoms with E-state index in [1.165, 1.54) is 0 Å². The zero-order valence-corrected chi connectivity index (χ0v) is 14.3. The normalized spacial score (nSPS) is 7.31. The summed E-state index contributed by atoms with van der Waals surface area (Å²) in [5.74, 6) is -1.44. The second-order valence-electron chi connectivity index (χ2n) is 0.938. The van der Waals surface area contributed by atoms with E-state index < -0.39 is 23.0 Å². The third kappa shape index (κ3) is 117. The van der Waals surface area contributed by atoms with Crippen LogP contribution in [0.2, 0.25) is 0 Å². The van der Waals surface area contributed by atoms with Crippen LogP contribution < -0.4 is 93.8 Å². The molecule has 0 saturated carbocycles. The summed E-state index contributed by atoms with van der Waals surface area (Å²) in [5, 5.41) is 16.5. The number of rotatable bonds is 1. The quantitative estimate of drug-likeness (QED) is 0.272. The van der Waals surface area contributed by atoms with Gasteiger partial charge in [-0.15, -0.1) is 0 Å². The van der Waals surface area contributed by atoms with Gasteiger partial charge in [0, 0.05) is 10.4 Å². The largest absolute Gasteiger partial charge is 1.00 e. The van der Waals surface area contributed by atoms with Gasteiger partial charge in [-0.3, -0.25) is 8.42 Å². The van der Waals surface area contributed by atoms with E-state index in [4.69, 9.17) is 32.5 Å². The Balaban J connectivity index is -0.0000000267. The van der Waals surface area contributed by atoms with Crippen molar-refractivity contribution in [1.29, 1.82) is 0 Å². The van der Waals surface area contributed by atoms with Gasteiger partial charge in [0.2, 0.25) is 0 Å². The zero-order valence-electron chi connectivity index (χ0n) is 7.51. The number of aliphatic carboxylic acids is 1. The number of carbonyl (C=O) groups is 1. The average molecular weight is 240 g/mol. The minimum absolute atomic E-state index is 0. The van der Waals surface area contributed by atoms with Crippen molar-refractivity contribution in [2.24, 2.45) is 0 Å². The van der Waals surface area contributed by atoms with Gasteiger partial charge in [-0.2, -0.15) is 0 Å². The molecule has 0 aromatic carbocycles. The summed E-state index contributed by atoms with van der Waals surface area (Å²) >= 11 is 0. The fourth-order valence-corrected chi connectivity index (χ4v) is 0. The Morgan fingerprint density at radius 2 is 1.23 bits per heavy atom. The summed E-state index contributed by atoms with van der Waals surface area (Å²) in [5.41, 5.74) is 0. The first kappa shape index (κ1) is 29.5. The van der Waals surface area contributed by atoms with E-state index in [2.05, 4.69) is 0 Å². The predicted molar refractivity (Wildman–Crippen MR) is 22.6 cm³/mol. The van der Waals surface area contributed by atoms with Crippen LogP contribution in [0.25, 0.3) is 0 Å². The minimum atomic E-state index is -5.17. The fourth-order valence-electron chi connectivity index (χ4n) is 0. The van der Waals surface area contributed by atoms with Gasteiger partial charge >= 0.3 is 88.7 Å². The van der Waals surface area contributed by atoms with Gasteiger partial charge in [-0.25, -0.2) is 0 Å². The average Bonchev–Trinajstić information content (AvgIpc) is 1.61. The maximum absolute atomic E-state index is 9.01. The summed E-state index contributed by atoms with van der Waals surface area (Å²) in [4.78, 5) is 9.01. The monoisotopic (exact) mass is 240 g/mol. The number of aliphatic hydroxyl groups excluding tert-OH is 1. The molecule has 0 saturated heterocycles. The second kappa shape index (κ2) is 16.7. The molecule has 11 heteroatoms. The van der Waals surface area contributed by atoms with Crippen LogP contribution in [0, 0.1) is 0 Å². The molecule has 0 aromatic heterocycles. The number of carboxylic acid groups (broad SMARTS) is 1. The molecule has 0 spiro atoms. The molecule has 0 aliphatic carbocycles. The molecule has 1 N–H and O–H groups in total. The van der Waals surface area contributed by atoms with Crippen molar-refractivity contribution in [2.75, 3.05) is 6.61 Å². The fraction of sp³-hybridized carbons (Fsp3) is 0.500. The number of carboxylic acids is 1. The van der Waals surface area contributed by atoms with Gasteiger partial charge in [0.25, 0.3) is 0 Å². The molecule has 0 heterocycles. The summed E-state index contributed by atoms with van der Waals surface area (Å²) in [7, 11) is -5.17. The molecule has 0 unspecified atom stereocenters. The van der Waals surface area contributed by atoms with E-state index in [0.717, 1.165) is 0 Å². The first-order valence-corrected chi connectivity index (χ1v) is 3.08. The molecule has 0 atom stereocenters. The van der Waals surface area contributed by atoms with Crippen LogP contribution in [0.15, 0.2) is 0 Å². The summed E-state index contributed by atoms with van der Waals surface area (Å²) < 4.78 is 34.1. The molecular formula is C2H3Na3O7S. The summed E-state index contributed by atoms with van der Waals surface area (Å²) in [6.45, 7) is -0.889. The topological polar surface area (TPSA) is 141 Å². The summed E-state index contributed by atoms with van der Waals surface area (Å²) in [6, 6.07) is 0. The zero-order chi connectivity index (χ0) is 8.78. The number of hydrogen-bond acceptors (Lipinski definition) is 7. The van der Waals surface area contributed by atoms with Crippen molar-refractivity contribution in [3.8, 4) is 0 Å². The van der Waals surface area contributed by atoms with Crippen molar-refractivity contribution < 1.29 is 121 Å². The molecule has 0 rings (SSSR count). The third-order valence-electron chi connectivity index (χ3n) is 0.129. The van der Waals surface area contributed by atoms with Crippen LogP contribution in [-0.4, -0.2) is 35.2 Å². The SMILES string of the molecule is O=C([O-])CO.O=S(=O)([O-])[O-].[Na+].[Na+].[Na+]. The number of hydrogen-bond donors (Lipinski definition) is 1. The van der Waals surface area contributed by atoms with Gasteiger partial charge < -0.3 is 24.1 Å². The third-order valence-corrected chi connectivity index (χ3v) is 0.129. The van der Waals surface area contributed by atoms with E-state index >= 15 is 0 Å². The Hall–Kier alpha value is 2.30. The molecule has 0 radical (unpaired) electrons. The van der Waals surface area contributed by atoms with Crippen LogP contribution >= 0.6 is 0 Å². The van der Waals surface area contributed by atoms with Crippen molar-refractivity contribution in [1.82, 2.24) is 0 Å². The molecule has 0 fully saturated rings. The molecule has 0 aliphatic rings. The van der Waals surface area contributed by atoms with Crippen molar-refractivity contribution >= 4 is 16.4 Å². The summed E-state index contributed by atoms with van der Waals surface area (Å²) in [6.07, 6.45) is 0. The smallest absolute Gasteiger partial charge is 0.759 e. The number of carbonyl (C=O) groups excluding carboxylic acids is 1. The standard InChI is InChI=1S/C2H4O3.3Na.H2O4S/c3-1-2(4)5;;;;1-5(2,3)4/h3H,1H2,(H,4,5);;;;(H2,1,2,3,4)/q;3*+1;/p-3. The molecule has 13 heavy (non-hydrogen) atoms. The van der Waals surface area contributed by atoms with Crippen LogP contribution in [0.4, 0.5) is 0 Å². The molecule has 0 amide bonds. The Morgan fingerprint density at radius 3 is 1.23 bits per heavy atom. The Bertz CT molecular complexity index is 180. The van der Waals surface area contributed by atoms with E-state index in [1.807, 2.05) is 0 Å². The first-order chi connectivity index (χ1) is 4.27. The molecule has 62 valence electrons. The predicted octanol–water partition coefficient (Wildman–Crippen LogP) is -12.6. The Kier molecular flexibility index (Phi) is 37.9. The number of aliphatic hydroxyl groups is 1. The van der Waals surface area contributed by atoms with Gasteiger partial charge in [-0.1, -0.05) is 0 Å². The molecular weight excluding hydrogens is 237 g/mol. The molecule has 0 bridgehead atoms. The Morgan fingerprint density at radius 1 is 1.15 bits per heavy atom. The van der Waals surface area contributed by atoms with Crippen molar-refractivity contribution in [3.63, 3.8) is 0 Å². The van der Waals surface area contributed by atoms with Gasteiger partial charge in [-0.05, 0) is 0 Å². The van der Waals surface area contributed by atoms with Crippen LogP contribution in [0.3, 0.4) is 0 Å². The van der Waals surface area contributed by atoms with E-state index in [1.54, 1.807) is 0 Å². The second-order valence-corrected chi connectivity index (χ2v) is 1.75. The van der Waals surface area contributed by atoms with E-state index in [9.17, 15) is 0 Å². The first-order valence-electron chi connectivity index (χ1n) is 1.74. The van der Waals surface area contributed by atoms with Crippen molar-refractivity contribution in [2.45, 2.75) is 0 Å². The minimum Gasteiger partial charge on any atom is -0.759 e. The van der Waals surface area contributed by atoms with Gasteiger partial charge in [0.15, 0.2) is 0 Å². The van der Waals surface area contributed by atoms with Crippen LogP contribution in [-0.2, 0) is 15.2 Å². The van der Waals surface area contributed by atoms with E-state index in [0.29, 0.717) is 0 Å². The molecule has 0 aliphatic heterocycles. The molecule has 0 aromatic rings.